The number of rotatable bonds is 7. The molecule has 1 saturated heterocycles. The van der Waals surface area contributed by atoms with Gasteiger partial charge >= 0.3 is 0 Å². The molecule has 2 aromatic rings. The largest absolute Gasteiger partial charge is 0.493 e. The molecule has 8 heteroatoms. The number of nitro benzene ring substituents is 1. The number of carbonyl (C=O) groups is 1. The Balaban J connectivity index is 1.58. The Labute approximate surface area is 156 Å². The molecular weight excluding hydrogens is 350 g/mol. The number of amides is 1. The number of non-ortho nitro benzene ring substituents is 1. The van der Waals surface area contributed by atoms with E-state index in [-0.39, 0.29) is 24.0 Å². The molecule has 1 fully saturated rings. The van der Waals surface area contributed by atoms with Crippen molar-refractivity contribution in [1.82, 2.24) is 0 Å². The molecular formula is C19H21N3O5. The third-order valence-electron chi connectivity index (χ3n) is 4.34. The van der Waals surface area contributed by atoms with E-state index in [1.807, 2.05) is 24.3 Å². The number of hydrogen-bond acceptors (Lipinski definition) is 6. The van der Waals surface area contributed by atoms with E-state index in [9.17, 15) is 14.9 Å². The molecule has 27 heavy (non-hydrogen) atoms. The van der Waals surface area contributed by atoms with Gasteiger partial charge in [-0.3, -0.25) is 14.9 Å². The predicted octanol–water partition coefficient (Wildman–Crippen LogP) is 3.22. The molecule has 1 heterocycles. The molecule has 0 saturated carbocycles. The summed E-state index contributed by atoms with van der Waals surface area (Å²) in [6.45, 7) is 1.83. The number of benzene rings is 2. The molecule has 1 aliphatic rings. The van der Waals surface area contributed by atoms with Crippen LogP contribution >= 0.6 is 0 Å². The Morgan fingerprint density at radius 3 is 2.48 bits per heavy atom. The van der Waals surface area contributed by atoms with Gasteiger partial charge in [0.15, 0.2) is 18.1 Å². The lowest BCUT2D eigenvalue weighted by Crippen LogP contribution is -2.21. The van der Waals surface area contributed by atoms with E-state index in [2.05, 4.69) is 10.2 Å². The Bertz CT molecular complexity index is 817. The smallest absolute Gasteiger partial charge is 0.273 e. The van der Waals surface area contributed by atoms with E-state index in [1.54, 1.807) is 0 Å². The van der Waals surface area contributed by atoms with E-state index in [4.69, 9.17) is 9.47 Å². The first-order chi connectivity index (χ1) is 13.1. The Hall–Kier alpha value is -3.29. The summed E-state index contributed by atoms with van der Waals surface area (Å²) in [7, 11) is 1.43. The molecule has 0 atom stereocenters. The lowest BCUT2D eigenvalue weighted by Gasteiger charge is -2.17. The normalized spacial score (nSPS) is 13.3. The number of nitro groups is 1. The summed E-state index contributed by atoms with van der Waals surface area (Å²) in [5, 5.41) is 13.6. The van der Waals surface area contributed by atoms with Gasteiger partial charge in [-0.1, -0.05) is 0 Å². The maximum Gasteiger partial charge on any atom is 0.273 e. The second-order valence-corrected chi connectivity index (χ2v) is 6.17. The lowest BCUT2D eigenvalue weighted by molar-refractivity contribution is -0.385. The van der Waals surface area contributed by atoms with Crippen molar-refractivity contribution >= 4 is 23.0 Å². The van der Waals surface area contributed by atoms with Crippen LogP contribution in [0.1, 0.15) is 12.8 Å². The van der Waals surface area contributed by atoms with Gasteiger partial charge in [0.1, 0.15) is 0 Å². The maximum absolute atomic E-state index is 12.1. The van der Waals surface area contributed by atoms with Gasteiger partial charge in [-0.25, -0.2) is 0 Å². The fourth-order valence-corrected chi connectivity index (χ4v) is 2.96. The van der Waals surface area contributed by atoms with Crippen molar-refractivity contribution in [2.75, 3.05) is 37.0 Å². The Morgan fingerprint density at radius 2 is 1.85 bits per heavy atom. The molecule has 2 aromatic carbocycles. The molecule has 0 aliphatic carbocycles. The summed E-state index contributed by atoms with van der Waals surface area (Å²) >= 11 is 0. The third kappa shape index (κ3) is 4.66. The zero-order chi connectivity index (χ0) is 19.2. The predicted molar refractivity (Wildman–Crippen MR) is 102 cm³/mol. The number of nitrogens with one attached hydrogen (secondary N) is 1. The molecule has 1 aliphatic heterocycles. The van der Waals surface area contributed by atoms with Crippen LogP contribution in [0.5, 0.6) is 11.5 Å². The molecule has 0 spiro atoms. The SMILES string of the molecule is COc1ccc([N+](=O)[O-])cc1OCC(=O)Nc1ccc(N2CCCC2)cc1. The van der Waals surface area contributed by atoms with Gasteiger partial charge in [-0.15, -0.1) is 0 Å². The zero-order valence-electron chi connectivity index (χ0n) is 15.0. The maximum atomic E-state index is 12.1. The van der Waals surface area contributed by atoms with E-state index < -0.39 is 4.92 Å². The van der Waals surface area contributed by atoms with Gasteiger partial charge in [0, 0.05) is 30.5 Å². The summed E-state index contributed by atoms with van der Waals surface area (Å²) in [6, 6.07) is 11.6. The van der Waals surface area contributed by atoms with Crippen molar-refractivity contribution in [3.63, 3.8) is 0 Å². The highest BCUT2D eigenvalue weighted by molar-refractivity contribution is 5.92. The summed E-state index contributed by atoms with van der Waals surface area (Å²) in [6.07, 6.45) is 2.41. The molecule has 0 unspecified atom stereocenters. The van der Waals surface area contributed by atoms with Crippen LogP contribution in [0.4, 0.5) is 17.1 Å². The van der Waals surface area contributed by atoms with Crippen LogP contribution in [0.25, 0.3) is 0 Å². The van der Waals surface area contributed by atoms with E-state index >= 15 is 0 Å². The first-order valence-electron chi connectivity index (χ1n) is 8.67. The summed E-state index contributed by atoms with van der Waals surface area (Å²) < 4.78 is 10.5. The van der Waals surface area contributed by atoms with Crippen molar-refractivity contribution in [3.05, 3.63) is 52.6 Å². The minimum absolute atomic E-state index is 0.135. The zero-order valence-corrected chi connectivity index (χ0v) is 15.0. The second kappa shape index (κ2) is 8.39. The molecule has 3 rings (SSSR count). The molecule has 1 amide bonds. The fourth-order valence-electron chi connectivity index (χ4n) is 2.96. The minimum atomic E-state index is -0.533. The topological polar surface area (TPSA) is 93.9 Å². The van der Waals surface area contributed by atoms with Gasteiger partial charge < -0.3 is 19.7 Å². The Morgan fingerprint density at radius 1 is 1.15 bits per heavy atom. The highest BCUT2D eigenvalue weighted by Gasteiger charge is 2.15. The summed E-state index contributed by atoms with van der Waals surface area (Å²) in [4.78, 5) is 24.8. The number of anilines is 2. The number of hydrogen-bond donors (Lipinski definition) is 1. The average Bonchev–Trinajstić information content (AvgIpc) is 3.21. The van der Waals surface area contributed by atoms with Crippen molar-refractivity contribution in [3.8, 4) is 11.5 Å². The van der Waals surface area contributed by atoms with Crippen LogP contribution < -0.4 is 19.7 Å². The molecule has 0 bridgehead atoms. The van der Waals surface area contributed by atoms with Crippen LogP contribution in [0.2, 0.25) is 0 Å². The number of carbonyl (C=O) groups excluding carboxylic acids is 1. The molecule has 0 radical (unpaired) electrons. The number of ether oxygens (including phenoxy) is 2. The standard InChI is InChI=1S/C19H21N3O5/c1-26-17-9-8-16(22(24)25)12-18(17)27-13-19(23)20-14-4-6-15(7-5-14)21-10-2-3-11-21/h4-9,12H,2-3,10-11,13H2,1H3,(H,20,23). The van der Waals surface area contributed by atoms with Gasteiger partial charge in [0.05, 0.1) is 18.1 Å². The monoisotopic (exact) mass is 371 g/mol. The average molecular weight is 371 g/mol. The molecule has 142 valence electrons. The van der Waals surface area contributed by atoms with Gasteiger partial charge in [0.25, 0.3) is 11.6 Å². The first kappa shape index (κ1) is 18.5. The number of nitrogens with zero attached hydrogens (tertiary/aromatic N) is 2. The van der Waals surface area contributed by atoms with Crippen LogP contribution in [0.15, 0.2) is 42.5 Å². The summed E-state index contributed by atoms with van der Waals surface area (Å²) in [5.74, 6) is 0.104. The van der Waals surface area contributed by atoms with Crippen LogP contribution in [0.3, 0.4) is 0 Å². The van der Waals surface area contributed by atoms with Crippen LogP contribution in [0, 0.1) is 10.1 Å². The van der Waals surface area contributed by atoms with E-state index in [0.717, 1.165) is 18.8 Å². The number of methoxy groups -OCH3 is 1. The van der Waals surface area contributed by atoms with Crippen molar-refractivity contribution in [2.45, 2.75) is 12.8 Å². The molecule has 0 aromatic heterocycles. The lowest BCUT2D eigenvalue weighted by atomic mass is 10.2. The van der Waals surface area contributed by atoms with Gasteiger partial charge in [-0.2, -0.15) is 0 Å². The first-order valence-corrected chi connectivity index (χ1v) is 8.67. The van der Waals surface area contributed by atoms with Gasteiger partial charge in [-0.05, 0) is 43.2 Å². The van der Waals surface area contributed by atoms with Gasteiger partial charge in [0.2, 0.25) is 0 Å². The van der Waals surface area contributed by atoms with Crippen LogP contribution in [-0.4, -0.2) is 37.6 Å². The van der Waals surface area contributed by atoms with Crippen LogP contribution in [-0.2, 0) is 4.79 Å². The van der Waals surface area contributed by atoms with Crippen molar-refractivity contribution in [2.24, 2.45) is 0 Å². The summed E-state index contributed by atoms with van der Waals surface area (Å²) in [5.41, 5.74) is 1.67. The van der Waals surface area contributed by atoms with E-state index in [0.29, 0.717) is 11.4 Å². The van der Waals surface area contributed by atoms with Crippen molar-refractivity contribution < 1.29 is 19.2 Å². The van der Waals surface area contributed by atoms with Crippen molar-refractivity contribution in [1.29, 1.82) is 0 Å². The Kier molecular flexibility index (Phi) is 5.75. The second-order valence-electron chi connectivity index (χ2n) is 6.17. The third-order valence-corrected chi connectivity index (χ3v) is 4.34. The molecule has 1 N–H and O–H groups in total. The fraction of sp³-hybridized carbons (Fsp3) is 0.316. The highest BCUT2D eigenvalue weighted by Crippen LogP contribution is 2.31. The quantitative estimate of drug-likeness (QED) is 0.593. The molecule has 8 nitrogen and oxygen atoms in total. The highest BCUT2D eigenvalue weighted by atomic mass is 16.6. The minimum Gasteiger partial charge on any atom is -0.493 e. The van der Waals surface area contributed by atoms with E-state index in [1.165, 1.54) is 38.2 Å².